The SMILES string of the molecule is CCOc1cccc(CNCc2ccc(S(=O)(=O)N3CCCC3)cc2)c1. The van der Waals surface area contributed by atoms with Gasteiger partial charge in [-0.3, -0.25) is 0 Å². The lowest BCUT2D eigenvalue weighted by atomic mass is 10.2. The van der Waals surface area contributed by atoms with Crippen molar-refractivity contribution in [2.45, 2.75) is 37.8 Å². The van der Waals surface area contributed by atoms with Gasteiger partial charge in [-0.15, -0.1) is 0 Å². The molecule has 1 aliphatic rings. The van der Waals surface area contributed by atoms with E-state index in [4.69, 9.17) is 4.74 Å². The summed E-state index contributed by atoms with van der Waals surface area (Å²) in [5.41, 5.74) is 2.22. The minimum Gasteiger partial charge on any atom is -0.494 e. The largest absolute Gasteiger partial charge is 0.494 e. The van der Waals surface area contributed by atoms with Crippen molar-refractivity contribution in [3.63, 3.8) is 0 Å². The summed E-state index contributed by atoms with van der Waals surface area (Å²) in [7, 11) is -3.33. The summed E-state index contributed by atoms with van der Waals surface area (Å²) in [6.07, 6.45) is 1.90. The highest BCUT2D eigenvalue weighted by Gasteiger charge is 2.26. The third-order valence-electron chi connectivity index (χ3n) is 4.49. The van der Waals surface area contributed by atoms with E-state index < -0.39 is 10.0 Å². The first-order valence-electron chi connectivity index (χ1n) is 9.11. The molecule has 1 aliphatic heterocycles. The molecule has 1 saturated heterocycles. The van der Waals surface area contributed by atoms with Gasteiger partial charge in [0.1, 0.15) is 5.75 Å². The van der Waals surface area contributed by atoms with Crippen molar-refractivity contribution in [1.29, 1.82) is 0 Å². The highest BCUT2D eigenvalue weighted by Crippen LogP contribution is 2.21. The molecule has 26 heavy (non-hydrogen) atoms. The fraction of sp³-hybridized carbons (Fsp3) is 0.400. The molecule has 1 heterocycles. The zero-order valence-electron chi connectivity index (χ0n) is 15.1. The van der Waals surface area contributed by atoms with Crippen LogP contribution in [0, 0.1) is 0 Å². The van der Waals surface area contributed by atoms with E-state index in [0.717, 1.165) is 36.3 Å². The average Bonchev–Trinajstić information content (AvgIpc) is 3.18. The van der Waals surface area contributed by atoms with Gasteiger partial charge in [-0.05, 0) is 55.2 Å². The molecule has 3 rings (SSSR count). The highest BCUT2D eigenvalue weighted by atomic mass is 32.2. The number of benzene rings is 2. The minimum atomic E-state index is -3.33. The maximum absolute atomic E-state index is 12.5. The lowest BCUT2D eigenvalue weighted by molar-refractivity contribution is 0.340. The smallest absolute Gasteiger partial charge is 0.243 e. The molecule has 5 nitrogen and oxygen atoms in total. The Morgan fingerprint density at radius 2 is 1.69 bits per heavy atom. The zero-order chi connectivity index (χ0) is 18.4. The number of rotatable bonds is 8. The number of nitrogens with zero attached hydrogens (tertiary/aromatic N) is 1. The predicted molar refractivity (Wildman–Crippen MR) is 103 cm³/mol. The molecular formula is C20H26N2O3S. The first kappa shape index (κ1) is 18.9. The topological polar surface area (TPSA) is 58.6 Å². The van der Waals surface area contributed by atoms with Crippen LogP contribution in [0.5, 0.6) is 5.75 Å². The maximum atomic E-state index is 12.5. The van der Waals surface area contributed by atoms with Crippen molar-refractivity contribution >= 4 is 10.0 Å². The summed E-state index contributed by atoms with van der Waals surface area (Å²) in [4.78, 5) is 0.382. The van der Waals surface area contributed by atoms with Gasteiger partial charge in [0.2, 0.25) is 10.0 Å². The monoisotopic (exact) mass is 374 g/mol. The molecule has 2 aromatic rings. The molecule has 2 aromatic carbocycles. The molecule has 0 aromatic heterocycles. The average molecular weight is 375 g/mol. The molecule has 6 heteroatoms. The van der Waals surface area contributed by atoms with Crippen LogP contribution in [0.15, 0.2) is 53.4 Å². The van der Waals surface area contributed by atoms with Gasteiger partial charge >= 0.3 is 0 Å². The van der Waals surface area contributed by atoms with Gasteiger partial charge in [-0.2, -0.15) is 4.31 Å². The van der Waals surface area contributed by atoms with Crippen LogP contribution in [0.1, 0.15) is 30.9 Å². The lowest BCUT2D eigenvalue weighted by Gasteiger charge is -2.15. The summed E-state index contributed by atoms with van der Waals surface area (Å²) < 4.78 is 32.1. The summed E-state index contributed by atoms with van der Waals surface area (Å²) in [5, 5.41) is 3.39. The van der Waals surface area contributed by atoms with E-state index in [2.05, 4.69) is 11.4 Å². The van der Waals surface area contributed by atoms with Gasteiger partial charge in [0, 0.05) is 26.2 Å². The van der Waals surface area contributed by atoms with Gasteiger partial charge in [0.05, 0.1) is 11.5 Å². The predicted octanol–water partition coefficient (Wildman–Crippen LogP) is 3.16. The van der Waals surface area contributed by atoms with Crippen molar-refractivity contribution in [3.05, 3.63) is 59.7 Å². The second kappa shape index (κ2) is 8.66. The molecule has 0 spiro atoms. The van der Waals surface area contributed by atoms with Crippen molar-refractivity contribution in [2.75, 3.05) is 19.7 Å². The van der Waals surface area contributed by atoms with Crippen LogP contribution >= 0.6 is 0 Å². The standard InChI is InChI=1S/C20H26N2O3S/c1-2-25-19-7-5-6-18(14-19)16-21-15-17-8-10-20(11-9-17)26(23,24)22-12-3-4-13-22/h5-11,14,21H,2-4,12-13,15-16H2,1H3. The number of nitrogens with one attached hydrogen (secondary N) is 1. The molecule has 0 aliphatic carbocycles. The van der Waals surface area contributed by atoms with E-state index >= 15 is 0 Å². The molecule has 0 saturated carbocycles. The first-order valence-corrected chi connectivity index (χ1v) is 10.5. The summed E-state index contributed by atoms with van der Waals surface area (Å²) >= 11 is 0. The van der Waals surface area contributed by atoms with Crippen molar-refractivity contribution in [1.82, 2.24) is 9.62 Å². The molecule has 0 atom stereocenters. The Balaban J connectivity index is 1.55. The van der Waals surface area contributed by atoms with Crippen LogP contribution < -0.4 is 10.1 Å². The highest BCUT2D eigenvalue weighted by molar-refractivity contribution is 7.89. The maximum Gasteiger partial charge on any atom is 0.243 e. The summed E-state index contributed by atoms with van der Waals surface area (Å²) in [6.45, 7) is 5.30. The fourth-order valence-electron chi connectivity index (χ4n) is 3.12. The molecular weight excluding hydrogens is 348 g/mol. The van der Waals surface area contributed by atoms with Gasteiger partial charge < -0.3 is 10.1 Å². The lowest BCUT2D eigenvalue weighted by Crippen LogP contribution is -2.27. The minimum absolute atomic E-state index is 0.382. The van der Waals surface area contributed by atoms with Crippen LogP contribution in [0.3, 0.4) is 0 Å². The second-order valence-electron chi connectivity index (χ2n) is 6.44. The van der Waals surface area contributed by atoms with Gasteiger partial charge in [0.25, 0.3) is 0 Å². The van der Waals surface area contributed by atoms with Crippen molar-refractivity contribution in [2.24, 2.45) is 0 Å². The van der Waals surface area contributed by atoms with Gasteiger partial charge in [-0.1, -0.05) is 24.3 Å². The number of sulfonamides is 1. The fourth-order valence-corrected chi connectivity index (χ4v) is 4.64. The molecule has 1 N–H and O–H groups in total. The van der Waals surface area contributed by atoms with E-state index in [-0.39, 0.29) is 0 Å². The van der Waals surface area contributed by atoms with Crippen LogP contribution in [0.2, 0.25) is 0 Å². The number of hydrogen-bond donors (Lipinski definition) is 1. The Morgan fingerprint density at radius 3 is 2.38 bits per heavy atom. The molecule has 140 valence electrons. The van der Waals surface area contributed by atoms with Crippen molar-refractivity contribution < 1.29 is 13.2 Å². The Hall–Kier alpha value is -1.89. The Labute approximate surface area is 156 Å². The van der Waals surface area contributed by atoms with Crippen LogP contribution in [-0.2, 0) is 23.1 Å². The second-order valence-corrected chi connectivity index (χ2v) is 8.38. The number of ether oxygens (including phenoxy) is 1. The molecule has 0 amide bonds. The van der Waals surface area contributed by atoms with Crippen LogP contribution in [0.25, 0.3) is 0 Å². The molecule has 0 radical (unpaired) electrons. The van der Waals surface area contributed by atoms with Gasteiger partial charge in [0.15, 0.2) is 0 Å². The van der Waals surface area contributed by atoms with E-state index in [1.54, 1.807) is 16.4 Å². The van der Waals surface area contributed by atoms with E-state index in [9.17, 15) is 8.42 Å². The van der Waals surface area contributed by atoms with E-state index in [1.807, 2.05) is 37.3 Å². The Bertz CT molecular complexity index is 813. The Morgan fingerprint density at radius 1 is 1.00 bits per heavy atom. The van der Waals surface area contributed by atoms with Crippen LogP contribution in [-0.4, -0.2) is 32.4 Å². The van der Waals surface area contributed by atoms with E-state index in [0.29, 0.717) is 31.1 Å². The van der Waals surface area contributed by atoms with Crippen LogP contribution in [0.4, 0.5) is 0 Å². The van der Waals surface area contributed by atoms with Crippen molar-refractivity contribution in [3.8, 4) is 5.75 Å². The number of hydrogen-bond acceptors (Lipinski definition) is 4. The summed E-state index contributed by atoms with van der Waals surface area (Å²) in [5.74, 6) is 0.878. The first-order chi connectivity index (χ1) is 12.6. The quantitative estimate of drug-likeness (QED) is 0.771. The molecule has 0 unspecified atom stereocenters. The molecule has 1 fully saturated rings. The normalized spacial score (nSPS) is 15.3. The van der Waals surface area contributed by atoms with Gasteiger partial charge in [-0.25, -0.2) is 8.42 Å². The third-order valence-corrected chi connectivity index (χ3v) is 6.41. The van der Waals surface area contributed by atoms with E-state index in [1.165, 1.54) is 0 Å². The zero-order valence-corrected chi connectivity index (χ0v) is 16.0. The molecule has 0 bridgehead atoms. The third kappa shape index (κ3) is 4.63. The summed E-state index contributed by atoms with van der Waals surface area (Å²) in [6, 6.07) is 15.2. The Kier molecular flexibility index (Phi) is 6.29.